The van der Waals surface area contributed by atoms with Crippen molar-refractivity contribution in [2.75, 3.05) is 19.8 Å². The molecule has 0 radical (unpaired) electrons. The molecule has 21 heavy (non-hydrogen) atoms. The summed E-state index contributed by atoms with van der Waals surface area (Å²) in [5, 5.41) is 0. The molecule has 5 heteroatoms. The molecule has 0 spiro atoms. The van der Waals surface area contributed by atoms with Crippen LogP contribution in [0.1, 0.15) is 39.5 Å². The number of hydrogen-bond acceptors (Lipinski definition) is 4. The monoisotopic (exact) mass is 295 g/mol. The van der Waals surface area contributed by atoms with Crippen LogP contribution in [0.4, 0.5) is 0 Å². The van der Waals surface area contributed by atoms with Crippen LogP contribution < -0.4 is 0 Å². The fourth-order valence-electron chi connectivity index (χ4n) is 2.21. The molecule has 0 aromatic rings. The Morgan fingerprint density at radius 1 is 1.48 bits per heavy atom. The second kappa shape index (κ2) is 9.34. The van der Waals surface area contributed by atoms with Gasteiger partial charge >= 0.3 is 5.97 Å². The number of likely N-dealkylation sites (N-methyl/N-ethyl adjacent to an activating group) is 1. The van der Waals surface area contributed by atoms with Gasteiger partial charge in [-0.25, -0.2) is 4.79 Å². The SMILES string of the molecule is C=CCOC(C)C(=O)OCC(=O)N(CC)C1=CCCCC1. The van der Waals surface area contributed by atoms with Gasteiger partial charge in [-0.3, -0.25) is 4.79 Å². The number of hydrogen-bond donors (Lipinski definition) is 0. The lowest BCUT2D eigenvalue weighted by Crippen LogP contribution is -2.36. The molecule has 1 unspecified atom stereocenters. The molecular weight excluding hydrogens is 270 g/mol. The Morgan fingerprint density at radius 3 is 2.81 bits per heavy atom. The van der Waals surface area contributed by atoms with Crippen molar-refractivity contribution in [3.05, 3.63) is 24.4 Å². The van der Waals surface area contributed by atoms with E-state index in [4.69, 9.17) is 9.47 Å². The van der Waals surface area contributed by atoms with Crippen molar-refractivity contribution in [3.8, 4) is 0 Å². The highest BCUT2D eigenvalue weighted by Gasteiger charge is 2.21. The molecule has 0 N–H and O–H groups in total. The van der Waals surface area contributed by atoms with Gasteiger partial charge in [-0.15, -0.1) is 6.58 Å². The van der Waals surface area contributed by atoms with Gasteiger partial charge in [0.15, 0.2) is 12.7 Å². The molecule has 0 fully saturated rings. The van der Waals surface area contributed by atoms with Crippen LogP contribution in [0.25, 0.3) is 0 Å². The number of carbonyl (C=O) groups excluding carboxylic acids is 2. The molecule has 0 bridgehead atoms. The Kier molecular flexibility index (Phi) is 7.75. The molecule has 118 valence electrons. The third-order valence-electron chi connectivity index (χ3n) is 3.36. The summed E-state index contributed by atoms with van der Waals surface area (Å²) in [6.07, 6.45) is 7.15. The summed E-state index contributed by atoms with van der Waals surface area (Å²) in [5.41, 5.74) is 1.04. The first-order valence-electron chi connectivity index (χ1n) is 7.48. The molecule has 0 saturated heterocycles. The maximum atomic E-state index is 12.2. The number of rotatable bonds is 8. The largest absolute Gasteiger partial charge is 0.454 e. The van der Waals surface area contributed by atoms with Crippen molar-refractivity contribution in [1.82, 2.24) is 4.90 Å². The molecular formula is C16H25NO4. The standard InChI is InChI=1S/C16H25NO4/c1-4-11-20-13(3)16(19)21-12-15(18)17(5-2)14-9-7-6-8-10-14/h4,9,13H,1,5-8,10-12H2,2-3H3. The average Bonchev–Trinajstić information content (AvgIpc) is 2.52. The fraction of sp³-hybridized carbons (Fsp3) is 0.625. The van der Waals surface area contributed by atoms with E-state index < -0.39 is 12.1 Å². The topological polar surface area (TPSA) is 55.8 Å². The van der Waals surface area contributed by atoms with Gasteiger partial charge < -0.3 is 14.4 Å². The van der Waals surface area contributed by atoms with Gasteiger partial charge in [-0.05, 0) is 39.5 Å². The Hall–Kier alpha value is -1.62. The number of esters is 1. The summed E-state index contributed by atoms with van der Waals surface area (Å²) < 4.78 is 10.2. The highest BCUT2D eigenvalue weighted by Crippen LogP contribution is 2.20. The van der Waals surface area contributed by atoms with E-state index in [1.807, 2.05) is 6.92 Å². The normalized spacial score (nSPS) is 15.8. The van der Waals surface area contributed by atoms with Crippen LogP contribution in [0.2, 0.25) is 0 Å². The molecule has 0 aromatic heterocycles. The summed E-state index contributed by atoms with van der Waals surface area (Å²) in [4.78, 5) is 25.5. The molecule has 0 heterocycles. The predicted octanol–water partition coefficient (Wildman–Crippen LogP) is 2.43. The van der Waals surface area contributed by atoms with E-state index in [2.05, 4.69) is 12.7 Å². The minimum Gasteiger partial charge on any atom is -0.454 e. The maximum absolute atomic E-state index is 12.2. The summed E-state index contributed by atoms with van der Waals surface area (Å²) in [7, 11) is 0. The van der Waals surface area contributed by atoms with E-state index in [0.29, 0.717) is 6.54 Å². The lowest BCUT2D eigenvalue weighted by atomic mass is 10.0. The Bertz CT molecular complexity index is 403. The molecule has 0 saturated carbocycles. The molecule has 0 aromatic carbocycles. The smallest absolute Gasteiger partial charge is 0.335 e. The zero-order valence-corrected chi connectivity index (χ0v) is 13.0. The lowest BCUT2D eigenvalue weighted by molar-refractivity contribution is -0.160. The highest BCUT2D eigenvalue weighted by atomic mass is 16.6. The molecule has 0 aliphatic heterocycles. The second-order valence-corrected chi connectivity index (χ2v) is 4.95. The van der Waals surface area contributed by atoms with E-state index in [9.17, 15) is 9.59 Å². The van der Waals surface area contributed by atoms with Crippen molar-refractivity contribution in [3.63, 3.8) is 0 Å². The average molecular weight is 295 g/mol. The molecule has 1 rings (SSSR count). The molecule has 1 aliphatic rings. The number of carbonyl (C=O) groups is 2. The Balaban J connectivity index is 2.45. The van der Waals surface area contributed by atoms with Crippen molar-refractivity contribution >= 4 is 11.9 Å². The fourth-order valence-corrected chi connectivity index (χ4v) is 2.21. The number of nitrogens with zero attached hydrogens (tertiary/aromatic N) is 1. The summed E-state index contributed by atoms with van der Waals surface area (Å²) >= 11 is 0. The van der Waals surface area contributed by atoms with Crippen molar-refractivity contribution in [2.24, 2.45) is 0 Å². The van der Waals surface area contributed by atoms with Gasteiger partial charge in [-0.1, -0.05) is 12.2 Å². The van der Waals surface area contributed by atoms with Crippen LogP contribution in [-0.2, 0) is 19.1 Å². The minimum atomic E-state index is -0.695. The first kappa shape index (κ1) is 17.4. The molecule has 1 atom stereocenters. The third kappa shape index (κ3) is 5.71. The van der Waals surface area contributed by atoms with Gasteiger partial charge in [0.05, 0.1) is 6.61 Å². The van der Waals surface area contributed by atoms with Crippen LogP contribution in [0.15, 0.2) is 24.4 Å². The van der Waals surface area contributed by atoms with Crippen molar-refractivity contribution in [2.45, 2.75) is 45.6 Å². The molecule has 1 aliphatic carbocycles. The van der Waals surface area contributed by atoms with Crippen LogP contribution >= 0.6 is 0 Å². The van der Waals surface area contributed by atoms with E-state index in [-0.39, 0.29) is 19.1 Å². The Morgan fingerprint density at radius 2 is 2.24 bits per heavy atom. The van der Waals surface area contributed by atoms with Crippen molar-refractivity contribution in [1.29, 1.82) is 0 Å². The maximum Gasteiger partial charge on any atom is 0.335 e. The van der Waals surface area contributed by atoms with Gasteiger partial charge in [0.25, 0.3) is 5.91 Å². The minimum absolute atomic E-state index is 0.185. The van der Waals surface area contributed by atoms with Crippen LogP contribution in [-0.4, -0.2) is 42.6 Å². The first-order chi connectivity index (χ1) is 10.1. The van der Waals surface area contributed by atoms with Gasteiger partial charge in [0.1, 0.15) is 0 Å². The zero-order chi connectivity index (χ0) is 15.7. The number of amides is 1. The van der Waals surface area contributed by atoms with Crippen LogP contribution in [0.3, 0.4) is 0 Å². The van der Waals surface area contributed by atoms with Gasteiger partial charge in [-0.2, -0.15) is 0 Å². The summed E-state index contributed by atoms with van der Waals surface area (Å²) in [6, 6.07) is 0. The predicted molar refractivity (Wildman–Crippen MR) is 80.5 cm³/mol. The molecule has 5 nitrogen and oxygen atoms in total. The van der Waals surface area contributed by atoms with E-state index >= 15 is 0 Å². The van der Waals surface area contributed by atoms with E-state index in [0.717, 1.165) is 25.0 Å². The Labute approximate surface area is 126 Å². The highest BCUT2D eigenvalue weighted by molar-refractivity contribution is 5.83. The number of allylic oxidation sites excluding steroid dienone is 2. The second-order valence-electron chi connectivity index (χ2n) is 4.95. The lowest BCUT2D eigenvalue weighted by Gasteiger charge is -2.26. The number of ether oxygens (including phenoxy) is 2. The van der Waals surface area contributed by atoms with E-state index in [1.165, 1.54) is 6.42 Å². The molecule has 1 amide bonds. The zero-order valence-electron chi connectivity index (χ0n) is 13.0. The van der Waals surface area contributed by atoms with Gasteiger partial charge in [0, 0.05) is 12.2 Å². The first-order valence-corrected chi connectivity index (χ1v) is 7.48. The van der Waals surface area contributed by atoms with Gasteiger partial charge in [0.2, 0.25) is 0 Å². The summed E-state index contributed by atoms with van der Waals surface area (Å²) in [6.45, 7) is 7.64. The van der Waals surface area contributed by atoms with E-state index in [1.54, 1.807) is 17.9 Å². The van der Waals surface area contributed by atoms with Crippen molar-refractivity contribution < 1.29 is 19.1 Å². The summed E-state index contributed by atoms with van der Waals surface area (Å²) in [5.74, 6) is -0.714. The third-order valence-corrected chi connectivity index (χ3v) is 3.36. The van der Waals surface area contributed by atoms with Crippen LogP contribution in [0.5, 0.6) is 0 Å². The van der Waals surface area contributed by atoms with Crippen LogP contribution in [0, 0.1) is 0 Å². The quantitative estimate of drug-likeness (QED) is 0.510.